The first-order chi connectivity index (χ1) is 6.02. The van der Waals surface area contributed by atoms with Gasteiger partial charge in [-0.05, 0) is 41.9 Å². The van der Waals surface area contributed by atoms with Crippen molar-refractivity contribution in [3.63, 3.8) is 0 Å². The molecule has 0 aliphatic carbocycles. The Balaban J connectivity index is 3.10. The number of halogens is 2. The Morgan fingerprint density at radius 3 is 2.62 bits per heavy atom. The first-order valence-corrected chi connectivity index (χ1v) is 5.19. The van der Waals surface area contributed by atoms with Gasteiger partial charge in [0.05, 0.1) is 16.4 Å². The third-order valence-electron chi connectivity index (χ3n) is 1.56. The number of hydrogen-bond acceptors (Lipinski definition) is 2. The Morgan fingerprint density at radius 1 is 1.46 bits per heavy atom. The first kappa shape index (κ1) is 10.7. The van der Waals surface area contributed by atoms with E-state index in [-0.39, 0.29) is 0 Å². The lowest BCUT2D eigenvalue weighted by Crippen LogP contribution is -2.11. The number of anilines is 2. The minimum absolute atomic E-state index is 0.314. The lowest BCUT2D eigenvalue weighted by molar-refractivity contribution is 0.900. The van der Waals surface area contributed by atoms with Gasteiger partial charge in [-0.25, -0.2) is 0 Å². The fourth-order valence-corrected chi connectivity index (χ4v) is 1.56. The Bertz CT molecular complexity index is 313. The molecule has 13 heavy (non-hydrogen) atoms. The lowest BCUT2D eigenvalue weighted by Gasteiger charge is -2.14. The van der Waals surface area contributed by atoms with Crippen LogP contribution in [0.5, 0.6) is 0 Å². The van der Waals surface area contributed by atoms with E-state index in [0.717, 1.165) is 10.2 Å². The minimum atomic E-state index is 0.314. The molecule has 0 heterocycles. The van der Waals surface area contributed by atoms with Gasteiger partial charge in [-0.2, -0.15) is 0 Å². The average Bonchev–Trinajstić information content (AvgIpc) is 2.05. The fraction of sp³-hybridized carbons (Fsp3) is 0.333. The molecule has 0 aromatic heterocycles. The molecule has 0 radical (unpaired) electrons. The van der Waals surface area contributed by atoms with E-state index in [1.807, 2.05) is 26.0 Å². The van der Waals surface area contributed by atoms with Crippen LogP contribution >= 0.6 is 27.5 Å². The predicted octanol–water partition coefficient (Wildman–Crippen LogP) is 3.51. The van der Waals surface area contributed by atoms with E-state index in [4.69, 9.17) is 17.3 Å². The Labute approximate surface area is 91.6 Å². The van der Waals surface area contributed by atoms with E-state index in [0.29, 0.717) is 16.8 Å². The molecule has 0 saturated carbocycles. The van der Waals surface area contributed by atoms with E-state index < -0.39 is 0 Å². The summed E-state index contributed by atoms with van der Waals surface area (Å²) in [6, 6.07) is 3.97. The highest BCUT2D eigenvalue weighted by Crippen LogP contribution is 2.35. The third kappa shape index (κ3) is 2.51. The average molecular weight is 264 g/mol. The highest BCUT2D eigenvalue weighted by Gasteiger charge is 2.08. The van der Waals surface area contributed by atoms with Gasteiger partial charge in [0, 0.05) is 10.5 Å². The predicted molar refractivity (Wildman–Crippen MR) is 62.3 cm³/mol. The molecule has 0 aliphatic rings. The Morgan fingerprint density at radius 2 is 2.08 bits per heavy atom. The van der Waals surface area contributed by atoms with Gasteiger partial charge in [-0.1, -0.05) is 11.6 Å². The molecule has 3 N–H and O–H groups in total. The molecule has 1 rings (SSSR count). The van der Waals surface area contributed by atoms with Gasteiger partial charge >= 0.3 is 0 Å². The SMILES string of the molecule is CC(C)Nc1c(N)ccc(Br)c1Cl. The molecule has 0 amide bonds. The van der Waals surface area contributed by atoms with Crippen LogP contribution in [0, 0.1) is 0 Å². The van der Waals surface area contributed by atoms with Crippen molar-refractivity contribution in [3.05, 3.63) is 21.6 Å². The number of hydrogen-bond donors (Lipinski definition) is 2. The number of rotatable bonds is 2. The molecule has 1 aromatic carbocycles. The molecule has 0 saturated heterocycles. The van der Waals surface area contributed by atoms with Crippen molar-refractivity contribution in [2.75, 3.05) is 11.1 Å². The zero-order chi connectivity index (χ0) is 10.0. The van der Waals surface area contributed by atoms with Gasteiger partial charge in [0.2, 0.25) is 0 Å². The topological polar surface area (TPSA) is 38.0 Å². The van der Waals surface area contributed by atoms with Crippen molar-refractivity contribution in [2.45, 2.75) is 19.9 Å². The zero-order valence-corrected chi connectivity index (χ0v) is 9.91. The molecule has 0 spiro atoms. The summed E-state index contributed by atoms with van der Waals surface area (Å²) in [5.74, 6) is 0. The molecular weight excluding hydrogens is 251 g/mol. The highest BCUT2D eigenvalue weighted by atomic mass is 79.9. The summed E-state index contributed by atoms with van der Waals surface area (Å²) < 4.78 is 0.853. The summed E-state index contributed by atoms with van der Waals surface area (Å²) in [4.78, 5) is 0. The second kappa shape index (κ2) is 4.20. The van der Waals surface area contributed by atoms with E-state index in [9.17, 15) is 0 Å². The quantitative estimate of drug-likeness (QED) is 0.802. The molecule has 0 fully saturated rings. The van der Waals surface area contributed by atoms with E-state index in [1.165, 1.54) is 0 Å². The second-order valence-corrected chi connectivity index (χ2v) is 4.36. The van der Waals surface area contributed by atoms with Crippen LogP contribution in [0.1, 0.15) is 13.8 Å². The Hall–Kier alpha value is -0.410. The van der Waals surface area contributed by atoms with Gasteiger partial charge in [-0.15, -0.1) is 0 Å². The summed E-state index contributed by atoms with van der Waals surface area (Å²) >= 11 is 9.40. The van der Waals surface area contributed by atoms with Crippen molar-refractivity contribution in [1.29, 1.82) is 0 Å². The maximum Gasteiger partial charge on any atom is 0.0800 e. The maximum atomic E-state index is 6.05. The number of nitrogens with one attached hydrogen (secondary N) is 1. The number of nitrogen functional groups attached to an aromatic ring is 1. The highest BCUT2D eigenvalue weighted by molar-refractivity contribution is 9.10. The van der Waals surface area contributed by atoms with Crippen LogP contribution in [0.3, 0.4) is 0 Å². The molecule has 1 aromatic rings. The molecule has 0 bridgehead atoms. The summed E-state index contributed by atoms with van der Waals surface area (Å²) in [7, 11) is 0. The molecule has 0 unspecified atom stereocenters. The van der Waals surface area contributed by atoms with E-state index >= 15 is 0 Å². The largest absolute Gasteiger partial charge is 0.397 e. The lowest BCUT2D eigenvalue weighted by atomic mass is 10.2. The normalized spacial score (nSPS) is 10.5. The van der Waals surface area contributed by atoms with Crippen LogP contribution in [0.25, 0.3) is 0 Å². The van der Waals surface area contributed by atoms with Crippen molar-refractivity contribution >= 4 is 38.9 Å². The van der Waals surface area contributed by atoms with Gasteiger partial charge in [0.15, 0.2) is 0 Å². The molecular formula is C9H12BrClN2. The van der Waals surface area contributed by atoms with Crippen molar-refractivity contribution in [1.82, 2.24) is 0 Å². The standard InChI is InChI=1S/C9H12BrClN2/c1-5(2)13-9-7(12)4-3-6(10)8(9)11/h3-5,13H,12H2,1-2H3. The van der Waals surface area contributed by atoms with Crippen LogP contribution in [0.2, 0.25) is 5.02 Å². The van der Waals surface area contributed by atoms with Crippen LogP contribution in [-0.2, 0) is 0 Å². The fourth-order valence-electron chi connectivity index (χ4n) is 1.00. The van der Waals surface area contributed by atoms with Crippen LogP contribution in [0.15, 0.2) is 16.6 Å². The Kier molecular flexibility index (Phi) is 3.45. The van der Waals surface area contributed by atoms with Gasteiger partial charge < -0.3 is 11.1 Å². The monoisotopic (exact) mass is 262 g/mol. The zero-order valence-electron chi connectivity index (χ0n) is 7.57. The summed E-state index contributed by atoms with van der Waals surface area (Å²) in [6.45, 7) is 4.08. The minimum Gasteiger partial charge on any atom is -0.397 e. The van der Waals surface area contributed by atoms with Crippen molar-refractivity contribution in [2.24, 2.45) is 0 Å². The van der Waals surface area contributed by atoms with E-state index in [1.54, 1.807) is 0 Å². The van der Waals surface area contributed by atoms with Crippen molar-refractivity contribution < 1.29 is 0 Å². The summed E-state index contributed by atoms with van der Waals surface area (Å²) in [5, 5.41) is 3.83. The molecule has 4 heteroatoms. The number of benzene rings is 1. The van der Waals surface area contributed by atoms with Crippen LogP contribution in [-0.4, -0.2) is 6.04 Å². The second-order valence-electron chi connectivity index (χ2n) is 3.12. The van der Waals surface area contributed by atoms with Gasteiger partial charge in [0.1, 0.15) is 0 Å². The van der Waals surface area contributed by atoms with Crippen LogP contribution in [0.4, 0.5) is 11.4 Å². The number of nitrogens with two attached hydrogens (primary N) is 1. The van der Waals surface area contributed by atoms with Gasteiger partial charge in [-0.3, -0.25) is 0 Å². The molecule has 72 valence electrons. The third-order valence-corrected chi connectivity index (χ3v) is 2.84. The molecule has 0 aliphatic heterocycles. The maximum absolute atomic E-state index is 6.05. The van der Waals surface area contributed by atoms with Gasteiger partial charge in [0.25, 0.3) is 0 Å². The van der Waals surface area contributed by atoms with Crippen molar-refractivity contribution in [3.8, 4) is 0 Å². The summed E-state index contributed by atoms with van der Waals surface area (Å²) in [5.41, 5.74) is 7.24. The summed E-state index contributed by atoms with van der Waals surface area (Å²) in [6.07, 6.45) is 0. The molecule has 2 nitrogen and oxygen atoms in total. The molecule has 0 atom stereocenters. The van der Waals surface area contributed by atoms with E-state index in [2.05, 4.69) is 21.2 Å². The van der Waals surface area contributed by atoms with Crippen LogP contribution < -0.4 is 11.1 Å². The smallest absolute Gasteiger partial charge is 0.0800 e. The first-order valence-electron chi connectivity index (χ1n) is 4.02.